The number of tetrazole rings is 1. The maximum absolute atomic E-state index is 12.8. The number of aromatic nitrogens is 5. The molecule has 0 atom stereocenters. The van der Waals surface area contributed by atoms with Gasteiger partial charge in [0, 0.05) is 50.0 Å². The first-order valence-corrected chi connectivity index (χ1v) is 9.37. The Bertz CT molecular complexity index is 959. The molecule has 0 unspecified atom stereocenters. The van der Waals surface area contributed by atoms with Crippen molar-refractivity contribution in [3.05, 3.63) is 59.4 Å². The summed E-state index contributed by atoms with van der Waals surface area (Å²) in [5.74, 6) is 0.618. The van der Waals surface area contributed by atoms with E-state index < -0.39 is 0 Å². The lowest BCUT2D eigenvalue weighted by Gasteiger charge is -2.34. The Morgan fingerprint density at radius 2 is 1.82 bits per heavy atom. The van der Waals surface area contributed by atoms with Crippen LogP contribution in [0.2, 0.25) is 0 Å². The highest BCUT2D eigenvalue weighted by atomic mass is 16.2. The highest BCUT2D eigenvalue weighted by Crippen LogP contribution is 2.17. The summed E-state index contributed by atoms with van der Waals surface area (Å²) in [4.78, 5) is 23.0. The van der Waals surface area contributed by atoms with Crippen LogP contribution in [0.1, 0.15) is 21.6 Å². The lowest BCUT2D eigenvalue weighted by atomic mass is 10.1. The van der Waals surface area contributed by atoms with E-state index in [1.54, 1.807) is 7.05 Å². The topological polar surface area (TPSA) is 80.0 Å². The van der Waals surface area contributed by atoms with E-state index in [9.17, 15) is 4.79 Å². The Labute approximate surface area is 163 Å². The number of benzene rings is 1. The quantitative estimate of drug-likeness (QED) is 0.686. The molecule has 1 amide bonds. The Morgan fingerprint density at radius 3 is 2.46 bits per heavy atom. The molecular formula is C20H23N7O. The maximum atomic E-state index is 12.8. The van der Waals surface area contributed by atoms with Gasteiger partial charge in [0.1, 0.15) is 0 Å². The molecule has 8 heteroatoms. The molecule has 0 radical (unpaired) electrons. The number of nitrogens with zero attached hydrogens (tertiary/aromatic N) is 7. The third-order valence-electron chi connectivity index (χ3n) is 5.05. The second-order valence-electron chi connectivity index (χ2n) is 7.02. The Kier molecular flexibility index (Phi) is 5.12. The Morgan fingerprint density at radius 1 is 1.07 bits per heavy atom. The van der Waals surface area contributed by atoms with E-state index >= 15 is 0 Å². The van der Waals surface area contributed by atoms with Crippen LogP contribution in [-0.4, -0.2) is 67.1 Å². The largest absolute Gasteiger partial charge is 0.336 e. The summed E-state index contributed by atoms with van der Waals surface area (Å²) in [6.07, 6.45) is 1.84. The van der Waals surface area contributed by atoms with Crippen LogP contribution in [0.4, 0.5) is 0 Å². The van der Waals surface area contributed by atoms with Gasteiger partial charge in [-0.3, -0.25) is 14.7 Å². The third-order valence-corrected chi connectivity index (χ3v) is 5.05. The Balaban J connectivity index is 1.35. The van der Waals surface area contributed by atoms with E-state index in [4.69, 9.17) is 0 Å². The van der Waals surface area contributed by atoms with Gasteiger partial charge < -0.3 is 4.90 Å². The zero-order chi connectivity index (χ0) is 19.5. The fourth-order valence-electron chi connectivity index (χ4n) is 3.35. The van der Waals surface area contributed by atoms with Gasteiger partial charge in [-0.05, 0) is 35.9 Å². The summed E-state index contributed by atoms with van der Waals surface area (Å²) in [6, 6.07) is 11.4. The molecule has 0 aliphatic carbocycles. The van der Waals surface area contributed by atoms with Gasteiger partial charge in [-0.25, -0.2) is 0 Å². The zero-order valence-electron chi connectivity index (χ0n) is 16.1. The smallest absolute Gasteiger partial charge is 0.253 e. The molecule has 8 nitrogen and oxygen atoms in total. The van der Waals surface area contributed by atoms with Gasteiger partial charge >= 0.3 is 0 Å². The van der Waals surface area contributed by atoms with Crippen molar-refractivity contribution in [1.29, 1.82) is 0 Å². The SMILES string of the molecule is Cc1cccnc1CN1CCN(C(=O)c2ccc(-c3nnn(C)n3)cc2)CC1. The number of aryl methyl sites for hydroxylation is 2. The molecular weight excluding hydrogens is 354 g/mol. The van der Waals surface area contributed by atoms with E-state index in [0.717, 1.165) is 44.0 Å². The second-order valence-corrected chi connectivity index (χ2v) is 7.02. The summed E-state index contributed by atoms with van der Waals surface area (Å²) >= 11 is 0. The monoisotopic (exact) mass is 377 g/mol. The summed E-state index contributed by atoms with van der Waals surface area (Å²) in [5, 5.41) is 12.0. The van der Waals surface area contributed by atoms with Crippen LogP contribution in [0.15, 0.2) is 42.6 Å². The molecule has 144 valence electrons. The number of rotatable bonds is 4. The molecule has 2 aromatic heterocycles. The van der Waals surface area contributed by atoms with Crippen molar-refractivity contribution in [2.75, 3.05) is 26.2 Å². The summed E-state index contributed by atoms with van der Waals surface area (Å²) in [6.45, 7) is 6.06. The normalized spacial score (nSPS) is 15.0. The molecule has 0 bridgehead atoms. The third kappa shape index (κ3) is 3.91. The van der Waals surface area contributed by atoms with Crippen molar-refractivity contribution in [2.24, 2.45) is 7.05 Å². The van der Waals surface area contributed by atoms with Gasteiger partial charge in [-0.1, -0.05) is 18.2 Å². The number of hydrogen-bond acceptors (Lipinski definition) is 6. The molecule has 1 aliphatic heterocycles. The average Bonchev–Trinajstić information content (AvgIpc) is 3.16. The van der Waals surface area contributed by atoms with E-state index in [1.807, 2.05) is 41.4 Å². The number of amides is 1. The van der Waals surface area contributed by atoms with Crippen molar-refractivity contribution in [3.63, 3.8) is 0 Å². The molecule has 1 aromatic carbocycles. The summed E-state index contributed by atoms with van der Waals surface area (Å²) < 4.78 is 0. The van der Waals surface area contributed by atoms with Crippen LogP contribution in [0.3, 0.4) is 0 Å². The minimum Gasteiger partial charge on any atom is -0.336 e. The average molecular weight is 377 g/mol. The molecule has 4 rings (SSSR count). The standard InChI is InChI=1S/C20H23N7O/c1-15-4-3-9-21-18(15)14-26-10-12-27(13-11-26)20(28)17-7-5-16(6-8-17)19-22-24-25(2)23-19/h3-9H,10-14H2,1-2H3. The molecule has 1 fully saturated rings. The van der Waals surface area contributed by atoms with Crippen LogP contribution in [-0.2, 0) is 13.6 Å². The van der Waals surface area contributed by atoms with E-state index in [-0.39, 0.29) is 5.91 Å². The predicted molar refractivity (Wildman–Crippen MR) is 104 cm³/mol. The van der Waals surface area contributed by atoms with Crippen molar-refractivity contribution in [2.45, 2.75) is 13.5 Å². The summed E-state index contributed by atoms with van der Waals surface area (Å²) in [7, 11) is 1.73. The Hall–Kier alpha value is -3.13. The molecule has 1 aliphatic rings. The van der Waals surface area contributed by atoms with Gasteiger partial charge in [0.05, 0.1) is 12.7 Å². The van der Waals surface area contributed by atoms with Gasteiger partial charge in [-0.15, -0.1) is 10.2 Å². The lowest BCUT2D eigenvalue weighted by molar-refractivity contribution is 0.0627. The molecule has 0 saturated carbocycles. The van der Waals surface area contributed by atoms with Crippen molar-refractivity contribution < 1.29 is 4.79 Å². The molecule has 3 aromatic rings. The highest BCUT2D eigenvalue weighted by molar-refractivity contribution is 5.94. The second kappa shape index (κ2) is 7.85. The zero-order valence-corrected chi connectivity index (χ0v) is 16.1. The van der Waals surface area contributed by atoms with Crippen LogP contribution >= 0.6 is 0 Å². The van der Waals surface area contributed by atoms with Gasteiger partial charge in [-0.2, -0.15) is 4.80 Å². The predicted octanol–water partition coefficient (Wildman–Crippen LogP) is 1.54. The fourth-order valence-corrected chi connectivity index (χ4v) is 3.35. The highest BCUT2D eigenvalue weighted by Gasteiger charge is 2.22. The van der Waals surface area contributed by atoms with E-state index in [0.29, 0.717) is 11.4 Å². The number of pyridine rings is 1. The minimum atomic E-state index is 0.0623. The minimum absolute atomic E-state index is 0.0623. The number of hydrogen-bond donors (Lipinski definition) is 0. The summed E-state index contributed by atoms with van der Waals surface area (Å²) in [5.41, 5.74) is 3.84. The van der Waals surface area contributed by atoms with Gasteiger partial charge in [0.25, 0.3) is 5.91 Å². The van der Waals surface area contributed by atoms with Crippen LogP contribution in [0, 0.1) is 6.92 Å². The van der Waals surface area contributed by atoms with E-state index in [2.05, 4.69) is 38.3 Å². The fraction of sp³-hybridized carbons (Fsp3) is 0.350. The number of piperazine rings is 1. The first kappa shape index (κ1) is 18.2. The maximum Gasteiger partial charge on any atom is 0.253 e. The first-order chi connectivity index (χ1) is 13.6. The molecule has 28 heavy (non-hydrogen) atoms. The van der Waals surface area contributed by atoms with Crippen molar-refractivity contribution in [3.8, 4) is 11.4 Å². The van der Waals surface area contributed by atoms with Gasteiger partial charge in [0.15, 0.2) is 0 Å². The number of carbonyl (C=O) groups excluding carboxylic acids is 1. The van der Waals surface area contributed by atoms with Crippen molar-refractivity contribution >= 4 is 5.91 Å². The molecule has 0 N–H and O–H groups in total. The number of carbonyl (C=O) groups is 1. The van der Waals surface area contributed by atoms with Crippen LogP contribution in [0.5, 0.6) is 0 Å². The van der Waals surface area contributed by atoms with Crippen LogP contribution in [0.25, 0.3) is 11.4 Å². The van der Waals surface area contributed by atoms with Gasteiger partial charge in [0.2, 0.25) is 5.82 Å². The molecule has 3 heterocycles. The molecule has 0 spiro atoms. The molecule has 1 saturated heterocycles. The first-order valence-electron chi connectivity index (χ1n) is 9.37. The van der Waals surface area contributed by atoms with Crippen molar-refractivity contribution in [1.82, 2.24) is 35.0 Å². The van der Waals surface area contributed by atoms with E-state index in [1.165, 1.54) is 10.4 Å². The van der Waals surface area contributed by atoms with Crippen LogP contribution < -0.4 is 0 Å². The lowest BCUT2D eigenvalue weighted by Crippen LogP contribution is -2.48.